The van der Waals surface area contributed by atoms with Gasteiger partial charge in [-0.1, -0.05) is 11.6 Å². The molecular weight excluding hydrogens is 342 g/mol. The van der Waals surface area contributed by atoms with Crippen LogP contribution in [0, 0.1) is 0 Å². The lowest BCUT2D eigenvalue weighted by molar-refractivity contribution is -0.122. The van der Waals surface area contributed by atoms with Crippen LogP contribution >= 0.6 is 11.6 Å². The molecule has 0 aliphatic heterocycles. The number of nitrogens with one attached hydrogen (secondary N) is 1. The number of hydrogen-bond acceptors (Lipinski definition) is 4. The Morgan fingerprint density at radius 1 is 1.38 bits per heavy atom. The molecule has 9 heteroatoms. The third-order valence-corrected chi connectivity index (χ3v) is 4.39. The summed E-state index contributed by atoms with van der Waals surface area (Å²) in [5, 5.41) is 12.5. The topological polar surface area (TPSA) is 80.0 Å². The van der Waals surface area contributed by atoms with E-state index in [1.165, 1.54) is 0 Å². The van der Waals surface area contributed by atoms with Gasteiger partial charge in [0.2, 0.25) is 11.9 Å². The lowest BCUT2D eigenvalue weighted by atomic mass is 9.93. The lowest BCUT2D eigenvalue weighted by Crippen LogP contribution is -2.38. The zero-order valence-electron chi connectivity index (χ0n) is 12.8. The van der Waals surface area contributed by atoms with Gasteiger partial charge in [0, 0.05) is 6.04 Å². The maximum absolute atomic E-state index is 12.7. The van der Waals surface area contributed by atoms with Crippen LogP contribution in [0.5, 0.6) is 0 Å². The van der Waals surface area contributed by atoms with E-state index in [-0.39, 0.29) is 12.0 Å². The Kier molecular flexibility index (Phi) is 4.69. The molecule has 1 amide bonds. The molecule has 2 aromatic heterocycles. The second-order valence-corrected chi connectivity index (χ2v) is 6.47. The van der Waals surface area contributed by atoms with Gasteiger partial charge in [-0.25, -0.2) is 18.7 Å². The first-order chi connectivity index (χ1) is 11.5. The van der Waals surface area contributed by atoms with E-state index in [1.807, 2.05) is 0 Å². The minimum Gasteiger partial charge on any atom is -0.384 e. The van der Waals surface area contributed by atoms with Gasteiger partial charge in [0.05, 0.1) is 6.42 Å². The van der Waals surface area contributed by atoms with Crippen molar-refractivity contribution in [2.24, 2.45) is 0 Å². The van der Waals surface area contributed by atoms with Crippen LogP contribution in [0.1, 0.15) is 31.7 Å². The second kappa shape index (κ2) is 6.60. The number of aromatic nitrogens is 3. The molecule has 24 heavy (non-hydrogen) atoms. The van der Waals surface area contributed by atoms with Gasteiger partial charge in [-0.2, -0.15) is 0 Å². The number of rotatable bonds is 6. The third kappa shape index (κ3) is 3.21. The van der Waals surface area contributed by atoms with Crippen molar-refractivity contribution in [1.82, 2.24) is 14.5 Å². The maximum atomic E-state index is 12.7. The summed E-state index contributed by atoms with van der Waals surface area (Å²) >= 11 is 5.94. The van der Waals surface area contributed by atoms with Crippen molar-refractivity contribution in [2.45, 2.75) is 37.3 Å². The largest absolute Gasteiger partial charge is 0.384 e. The molecule has 0 saturated heterocycles. The van der Waals surface area contributed by atoms with Crippen LogP contribution in [-0.2, 0) is 4.79 Å². The summed E-state index contributed by atoms with van der Waals surface area (Å²) in [6, 6.07) is 3.42. The number of aliphatic hydroxyl groups is 1. The molecule has 2 N–H and O–H groups in total. The number of pyridine rings is 1. The first-order valence-electron chi connectivity index (χ1n) is 7.64. The number of alkyl halides is 2. The molecule has 0 spiro atoms. The number of nitrogens with zero attached hydrogens (tertiary/aromatic N) is 3. The van der Waals surface area contributed by atoms with E-state index in [0.29, 0.717) is 16.3 Å². The Morgan fingerprint density at radius 3 is 2.67 bits per heavy atom. The van der Waals surface area contributed by atoms with Crippen molar-refractivity contribution in [2.75, 3.05) is 18.7 Å². The highest BCUT2D eigenvalue weighted by Crippen LogP contribution is 2.37. The van der Waals surface area contributed by atoms with Crippen molar-refractivity contribution in [3.63, 3.8) is 0 Å². The summed E-state index contributed by atoms with van der Waals surface area (Å²) < 4.78 is 27.2. The minimum absolute atomic E-state index is 0.137. The maximum Gasteiger partial charge on any atom is 0.229 e. The summed E-state index contributed by atoms with van der Waals surface area (Å²) in [5.74, 6) is -0.468. The lowest BCUT2D eigenvalue weighted by Gasteiger charge is -2.28. The molecule has 1 aliphatic rings. The Morgan fingerprint density at radius 2 is 2.08 bits per heavy atom. The fourth-order valence-electron chi connectivity index (χ4n) is 2.63. The molecule has 6 nitrogen and oxygen atoms in total. The van der Waals surface area contributed by atoms with E-state index < -0.39 is 31.3 Å². The van der Waals surface area contributed by atoms with Gasteiger partial charge in [-0.05, 0) is 31.4 Å². The summed E-state index contributed by atoms with van der Waals surface area (Å²) in [6.45, 7) is -2.68. The molecular formula is C15H17ClF2N4O2. The number of anilines is 1. The number of hydrogen-bond donors (Lipinski definition) is 2. The molecule has 0 radical (unpaired) electrons. The van der Waals surface area contributed by atoms with Gasteiger partial charge in [-0.15, -0.1) is 0 Å². The first kappa shape index (κ1) is 17.0. The van der Waals surface area contributed by atoms with Gasteiger partial charge >= 0.3 is 0 Å². The van der Waals surface area contributed by atoms with Crippen molar-refractivity contribution in [3.05, 3.63) is 17.3 Å². The number of halogens is 3. The Labute approximate surface area is 141 Å². The smallest absolute Gasteiger partial charge is 0.229 e. The first-order valence-corrected chi connectivity index (χ1v) is 8.02. The molecule has 1 fully saturated rings. The van der Waals surface area contributed by atoms with Crippen LogP contribution in [0.2, 0.25) is 5.15 Å². The van der Waals surface area contributed by atoms with Crippen LogP contribution in [0.3, 0.4) is 0 Å². The molecule has 1 aliphatic carbocycles. The molecule has 2 heterocycles. The second-order valence-electron chi connectivity index (χ2n) is 6.08. The number of imidazole rings is 1. The summed E-state index contributed by atoms with van der Waals surface area (Å²) in [4.78, 5) is 20.6. The fourth-order valence-corrected chi connectivity index (χ4v) is 2.77. The molecule has 0 unspecified atom stereocenters. The molecule has 0 aromatic carbocycles. The number of fused-ring (bicyclic) bond motifs is 1. The van der Waals surface area contributed by atoms with Crippen molar-refractivity contribution in [1.29, 1.82) is 0 Å². The molecule has 130 valence electrons. The van der Waals surface area contributed by atoms with E-state index in [0.717, 1.165) is 19.3 Å². The van der Waals surface area contributed by atoms with Crippen LogP contribution in [0.4, 0.5) is 14.7 Å². The van der Waals surface area contributed by atoms with Crippen molar-refractivity contribution >= 4 is 34.6 Å². The van der Waals surface area contributed by atoms with Crippen molar-refractivity contribution < 1.29 is 18.7 Å². The fraction of sp³-hybridized carbons (Fsp3) is 0.533. The van der Waals surface area contributed by atoms with Crippen LogP contribution in [0.15, 0.2) is 12.1 Å². The number of amides is 1. The molecule has 1 saturated carbocycles. The molecule has 0 atom stereocenters. The zero-order chi connectivity index (χ0) is 17.3. The average molecular weight is 359 g/mol. The average Bonchev–Trinajstić information content (AvgIpc) is 2.83. The highest BCUT2D eigenvalue weighted by atomic mass is 35.5. The monoisotopic (exact) mass is 358 g/mol. The van der Waals surface area contributed by atoms with E-state index in [2.05, 4.69) is 15.3 Å². The predicted octanol–water partition coefficient (Wildman–Crippen LogP) is 2.81. The standard InChI is InChI=1S/C15H17ClF2N4O2/c16-11-5-4-10-13(20-11)22(9-2-1-3-9)14(19-10)21-12(23)6-15(24,7-17)8-18/h4-5,9,24H,1-3,6-8H2,(H,19,21,23). The number of carbonyl (C=O) groups is 1. The number of carbonyl (C=O) groups excluding carboxylic acids is 1. The highest BCUT2D eigenvalue weighted by Gasteiger charge is 2.32. The third-order valence-electron chi connectivity index (χ3n) is 4.18. The Bertz CT molecular complexity index is 759. The van der Waals surface area contributed by atoms with Gasteiger partial charge in [0.25, 0.3) is 0 Å². The minimum atomic E-state index is -2.31. The highest BCUT2D eigenvalue weighted by molar-refractivity contribution is 6.29. The van der Waals surface area contributed by atoms with Gasteiger partial charge in [0.15, 0.2) is 5.65 Å². The van der Waals surface area contributed by atoms with Crippen LogP contribution < -0.4 is 5.32 Å². The van der Waals surface area contributed by atoms with Crippen LogP contribution in [-0.4, -0.2) is 44.5 Å². The Hall–Kier alpha value is -1.80. The zero-order valence-corrected chi connectivity index (χ0v) is 13.6. The van der Waals surface area contributed by atoms with E-state index >= 15 is 0 Å². The molecule has 3 rings (SSSR count). The van der Waals surface area contributed by atoms with Gasteiger partial charge < -0.3 is 5.11 Å². The SMILES string of the molecule is O=C(CC(O)(CF)CF)Nc1nc2ccc(Cl)nc2n1C1CCC1. The molecule has 0 bridgehead atoms. The predicted molar refractivity (Wildman–Crippen MR) is 85.6 cm³/mol. The normalized spacial score (nSPS) is 15.5. The van der Waals surface area contributed by atoms with E-state index in [9.17, 15) is 18.7 Å². The van der Waals surface area contributed by atoms with Crippen molar-refractivity contribution in [3.8, 4) is 0 Å². The summed E-state index contributed by atoms with van der Waals surface area (Å²) in [5.41, 5.74) is -1.19. The Balaban J connectivity index is 1.90. The van der Waals surface area contributed by atoms with E-state index in [4.69, 9.17) is 11.6 Å². The summed E-state index contributed by atoms with van der Waals surface area (Å²) in [6.07, 6.45) is 2.20. The molecule has 2 aromatic rings. The van der Waals surface area contributed by atoms with E-state index in [1.54, 1.807) is 16.7 Å². The quantitative estimate of drug-likeness (QED) is 0.778. The van der Waals surface area contributed by atoms with Gasteiger partial charge in [0.1, 0.15) is 29.6 Å². The summed E-state index contributed by atoms with van der Waals surface area (Å²) in [7, 11) is 0. The van der Waals surface area contributed by atoms with Gasteiger partial charge in [-0.3, -0.25) is 14.7 Å². The van der Waals surface area contributed by atoms with Crippen LogP contribution in [0.25, 0.3) is 11.2 Å².